The van der Waals surface area contributed by atoms with Crippen molar-refractivity contribution in [1.82, 2.24) is 19.4 Å². The Labute approximate surface area is 308 Å². The van der Waals surface area contributed by atoms with E-state index in [0.717, 1.165) is 42.7 Å². The summed E-state index contributed by atoms with van der Waals surface area (Å²) in [7, 11) is 6.32. The molecule has 1 fully saturated rings. The minimum Gasteiger partial charge on any atom is -0.493 e. The standard InChI is InChI=1S/C38H46Cl2N4O7/c1-6-28(51-47)23-44-32-10-8-7-9-31(32)41-37(44)35(45)24-13-16-43(17-14-24)18-15-26(25-11-12-29(39)30(40)19-25)22-42(2)38(46)27-20-33(48-3)36(50-5)34(21-27)49-4/h7-12,19-21,24,26,28,47H,6,13-18,22-23H2,1-5H3. The molecule has 4 aromatic rings. The van der Waals surface area contributed by atoms with Crippen molar-refractivity contribution in [3.05, 3.63) is 81.6 Å². The SMILES string of the molecule is CCC(Cn1c(C(=O)C2CCN(CCC(CN(C)C(=O)c3cc(OC)c(OC)c(OC)c3)c3ccc(Cl)c(Cl)c3)CC2)nc2ccccc21)OO. The molecule has 0 bridgehead atoms. The first-order valence-corrected chi connectivity index (χ1v) is 17.9. The predicted molar refractivity (Wildman–Crippen MR) is 198 cm³/mol. The van der Waals surface area contributed by atoms with E-state index < -0.39 is 6.10 Å². The van der Waals surface area contributed by atoms with E-state index in [-0.39, 0.29) is 23.5 Å². The van der Waals surface area contributed by atoms with Crippen LogP contribution in [0.3, 0.4) is 0 Å². The normalized spacial score (nSPS) is 15.1. The summed E-state index contributed by atoms with van der Waals surface area (Å²) in [6.07, 6.45) is 2.29. The molecular formula is C38H46Cl2N4O7. The fraction of sp³-hybridized carbons (Fsp3) is 0.447. The summed E-state index contributed by atoms with van der Waals surface area (Å²) in [5.41, 5.74) is 2.98. The van der Waals surface area contributed by atoms with E-state index >= 15 is 0 Å². The number of rotatable bonds is 16. The number of likely N-dealkylation sites (N-methyl/N-ethyl adjacent to an activating group) is 1. The minimum absolute atomic E-state index is 0.0132. The number of hydrogen-bond donors (Lipinski definition) is 1. The number of imidazole rings is 1. The topological polar surface area (TPSA) is 116 Å². The van der Waals surface area contributed by atoms with Gasteiger partial charge in [-0.25, -0.2) is 9.87 Å². The number of halogens is 2. The van der Waals surface area contributed by atoms with Crippen LogP contribution < -0.4 is 14.2 Å². The van der Waals surface area contributed by atoms with Gasteiger partial charge in [0.15, 0.2) is 17.3 Å². The van der Waals surface area contributed by atoms with Gasteiger partial charge in [-0.05, 0) is 87.3 Å². The van der Waals surface area contributed by atoms with Gasteiger partial charge < -0.3 is 28.6 Å². The van der Waals surface area contributed by atoms with E-state index in [0.29, 0.717) is 71.0 Å². The zero-order chi connectivity index (χ0) is 36.7. The molecule has 2 unspecified atom stereocenters. The highest BCUT2D eigenvalue weighted by Crippen LogP contribution is 2.39. The Hall–Kier alpha value is -3.87. The average Bonchev–Trinajstić information content (AvgIpc) is 3.53. The lowest BCUT2D eigenvalue weighted by molar-refractivity contribution is -0.281. The summed E-state index contributed by atoms with van der Waals surface area (Å²) in [6, 6.07) is 16.6. The number of fused-ring (bicyclic) bond motifs is 1. The molecule has 5 rings (SSSR count). The first kappa shape index (κ1) is 38.4. The number of carbonyl (C=O) groups is 2. The smallest absolute Gasteiger partial charge is 0.253 e. The largest absolute Gasteiger partial charge is 0.493 e. The molecule has 1 saturated heterocycles. The van der Waals surface area contributed by atoms with E-state index in [1.807, 2.05) is 47.9 Å². The molecule has 1 aliphatic rings. The van der Waals surface area contributed by atoms with Crippen LogP contribution in [0.2, 0.25) is 10.0 Å². The Morgan fingerprint density at radius 1 is 0.980 bits per heavy atom. The summed E-state index contributed by atoms with van der Waals surface area (Å²) in [4.78, 5) is 41.1. The molecule has 1 aliphatic heterocycles. The van der Waals surface area contributed by atoms with Crippen molar-refractivity contribution in [3.63, 3.8) is 0 Å². The third-order valence-corrected chi connectivity index (χ3v) is 10.5. The monoisotopic (exact) mass is 740 g/mol. The molecule has 0 aliphatic carbocycles. The second-order valence-electron chi connectivity index (χ2n) is 12.9. The van der Waals surface area contributed by atoms with Gasteiger partial charge in [0.2, 0.25) is 11.5 Å². The van der Waals surface area contributed by atoms with E-state index in [4.69, 9.17) is 42.4 Å². The Morgan fingerprint density at radius 3 is 2.27 bits per heavy atom. The van der Waals surface area contributed by atoms with Crippen molar-refractivity contribution >= 4 is 45.9 Å². The maximum absolute atomic E-state index is 13.9. The molecule has 0 radical (unpaired) electrons. The summed E-state index contributed by atoms with van der Waals surface area (Å²) in [6.45, 7) is 4.96. The van der Waals surface area contributed by atoms with E-state index in [1.54, 1.807) is 30.1 Å². The lowest BCUT2D eigenvalue weighted by Gasteiger charge is -2.33. The molecule has 11 nitrogen and oxygen atoms in total. The fourth-order valence-corrected chi connectivity index (χ4v) is 7.10. The quantitative estimate of drug-likeness (QED) is 0.0709. The third kappa shape index (κ3) is 8.78. The number of para-hydroxylation sites is 2. The van der Waals surface area contributed by atoms with Crippen molar-refractivity contribution in [2.75, 3.05) is 54.6 Å². The van der Waals surface area contributed by atoms with Gasteiger partial charge in [0.05, 0.1) is 49.0 Å². The summed E-state index contributed by atoms with van der Waals surface area (Å²) >= 11 is 12.7. The zero-order valence-electron chi connectivity index (χ0n) is 29.7. The highest BCUT2D eigenvalue weighted by Gasteiger charge is 2.31. The van der Waals surface area contributed by atoms with Crippen LogP contribution >= 0.6 is 23.2 Å². The zero-order valence-corrected chi connectivity index (χ0v) is 31.2. The lowest BCUT2D eigenvalue weighted by atomic mass is 9.90. The van der Waals surface area contributed by atoms with E-state index in [1.165, 1.54) is 21.3 Å². The first-order chi connectivity index (χ1) is 24.6. The number of hydrogen-bond acceptors (Lipinski definition) is 9. The van der Waals surface area contributed by atoms with Gasteiger partial charge in [-0.3, -0.25) is 14.8 Å². The highest BCUT2D eigenvalue weighted by molar-refractivity contribution is 6.42. The van der Waals surface area contributed by atoms with Gasteiger partial charge in [-0.1, -0.05) is 48.3 Å². The van der Waals surface area contributed by atoms with Crippen LogP contribution in [-0.4, -0.2) is 97.0 Å². The number of methoxy groups -OCH3 is 3. The minimum atomic E-state index is -0.448. The Kier molecular flexibility index (Phi) is 13.2. The second kappa shape index (κ2) is 17.6. The van der Waals surface area contributed by atoms with Crippen molar-refractivity contribution < 1.29 is 33.9 Å². The maximum Gasteiger partial charge on any atom is 0.253 e. The van der Waals surface area contributed by atoms with Crippen LogP contribution in [-0.2, 0) is 11.4 Å². The fourth-order valence-electron chi connectivity index (χ4n) is 6.80. The Balaban J connectivity index is 1.27. The number of benzene rings is 3. The molecule has 1 aromatic heterocycles. The van der Waals surface area contributed by atoms with E-state index in [9.17, 15) is 14.8 Å². The van der Waals surface area contributed by atoms with Crippen molar-refractivity contribution in [1.29, 1.82) is 0 Å². The second-order valence-corrected chi connectivity index (χ2v) is 13.7. The van der Waals surface area contributed by atoms with Gasteiger partial charge in [0.1, 0.15) is 6.10 Å². The molecule has 13 heteroatoms. The molecule has 3 aromatic carbocycles. The van der Waals surface area contributed by atoms with Crippen LogP contribution in [0, 0.1) is 5.92 Å². The number of likely N-dealkylation sites (tertiary alicyclic amines) is 1. The highest BCUT2D eigenvalue weighted by atomic mass is 35.5. The van der Waals surface area contributed by atoms with Crippen molar-refractivity contribution in [2.24, 2.45) is 5.92 Å². The summed E-state index contributed by atoms with van der Waals surface area (Å²) < 4.78 is 18.3. The molecule has 51 heavy (non-hydrogen) atoms. The van der Waals surface area contributed by atoms with Crippen LogP contribution in [0.4, 0.5) is 0 Å². The molecule has 1 amide bonds. The number of amides is 1. The number of piperidine rings is 1. The van der Waals surface area contributed by atoms with Gasteiger partial charge in [0, 0.05) is 31.0 Å². The van der Waals surface area contributed by atoms with Crippen molar-refractivity contribution in [3.8, 4) is 17.2 Å². The van der Waals surface area contributed by atoms with Gasteiger partial charge in [-0.15, -0.1) is 0 Å². The number of carbonyl (C=O) groups excluding carboxylic acids is 2. The van der Waals surface area contributed by atoms with Crippen LogP contribution in [0.15, 0.2) is 54.6 Å². The molecule has 2 heterocycles. The predicted octanol–water partition coefficient (Wildman–Crippen LogP) is 7.48. The van der Waals surface area contributed by atoms with Crippen LogP contribution in [0.5, 0.6) is 17.2 Å². The van der Waals surface area contributed by atoms with E-state index in [2.05, 4.69) is 9.79 Å². The number of ether oxygens (including phenoxy) is 3. The lowest BCUT2D eigenvalue weighted by Crippen LogP contribution is -2.39. The molecule has 0 spiro atoms. The molecular weight excluding hydrogens is 695 g/mol. The maximum atomic E-state index is 13.9. The first-order valence-electron chi connectivity index (χ1n) is 17.1. The molecule has 1 N–H and O–H groups in total. The van der Waals surface area contributed by atoms with Crippen molar-refractivity contribution in [2.45, 2.75) is 51.2 Å². The number of aromatic nitrogens is 2. The Bertz CT molecular complexity index is 1800. The Morgan fingerprint density at radius 2 is 1.67 bits per heavy atom. The van der Waals surface area contributed by atoms with Gasteiger partial charge in [-0.2, -0.15) is 0 Å². The molecule has 274 valence electrons. The van der Waals surface area contributed by atoms with Gasteiger partial charge >= 0.3 is 0 Å². The number of ketones is 1. The third-order valence-electron chi connectivity index (χ3n) is 9.79. The number of Topliss-reactive ketones (excluding diaryl/α,β-unsaturated/α-hetero) is 1. The summed E-state index contributed by atoms with van der Waals surface area (Å²) in [5.74, 6) is 1.23. The molecule has 2 atom stereocenters. The van der Waals surface area contributed by atoms with Gasteiger partial charge in [0.25, 0.3) is 5.91 Å². The summed E-state index contributed by atoms with van der Waals surface area (Å²) in [5, 5.41) is 10.3. The average molecular weight is 742 g/mol. The molecule has 0 saturated carbocycles. The number of nitrogens with zero attached hydrogens (tertiary/aromatic N) is 4. The van der Waals surface area contributed by atoms with Crippen LogP contribution in [0.1, 0.15) is 65.1 Å². The van der Waals surface area contributed by atoms with Crippen LogP contribution in [0.25, 0.3) is 11.0 Å².